The minimum atomic E-state index is 0.0469. The number of aryl methyl sites for hydroxylation is 1. The second-order valence-corrected chi connectivity index (χ2v) is 10.5. The number of thioether (sulfide) groups is 1. The lowest BCUT2D eigenvalue weighted by Crippen LogP contribution is -2.24. The Morgan fingerprint density at radius 3 is 2.67 bits per heavy atom. The molecular formula is C30H38N4OS. The lowest BCUT2D eigenvalue weighted by atomic mass is 10.0. The van der Waals surface area contributed by atoms with Gasteiger partial charge in [0, 0.05) is 29.1 Å². The summed E-state index contributed by atoms with van der Waals surface area (Å²) in [6.07, 6.45) is 8.05. The van der Waals surface area contributed by atoms with Crippen molar-refractivity contribution in [2.45, 2.75) is 57.8 Å². The van der Waals surface area contributed by atoms with Crippen molar-refractivity contribution in [3.8, 4) is 11.8 Å². The zero-order valence-electron chi connectivity index (χ0n) is 21.6. The van der Waals surface area contributed by atoms with Crippen LogP contribution in [0.1, 0.15) is 60.9 Å². The van der Waals surface area contributed by atoms with Crippen LogP contribution in [0.15, 0.2) is 59.9 Å². The number of ether oxygens (including phenoxy) is 1. The standard InChI is InChI=1S/C23H24N2OS.C7H14N2/c1-16(2)26-22-11-10-17(12-19(22)13-24)15-27-23(14-25-3)21-9-5-7-18-6-4-8-20(18)21;1-7(8)6-9-4-2-3-5-9/h5,7,9-12,14,16H,3-4,6,8,15H2,1-2H3;1-6,8H2/b23-14-;. The van der Waals surface area contributed by atoms with Gasteiger partial charge < -0.3 is 10.5 Å². The zero-order chi connectivity index (χ0) is 25.9. The van der Waals surface area contributed by atoms with Gasteiger partial charge in [-0.3, -0.25) is 9.89 Å². The van der Waals surface area contributed by atoms with Crippen molar-refractivity contribution in [3.05, 3.63) is 82.7 Å². The number of nitrogens with zero attached hydrogens (tertiary/aromatic N) is 3. The van der Waals surface area contributed by atoms with E-state index in [4.69, 9.17) is 10.5 Å². The highest BCUT2D eigenvalue weighted by Crippen LogP contribution is 2.37. The summed E-state index contributed by atoms with van der Waals surface area (Å²) in [5, 5.41) is 9.43. The van der Waals surface area contributed by atoms with E-state index in [-0.39, 0.29) is 6.10 Å². The normalized spacial score (nSPS) is 15.1. The number of hydrogen-bond acceptors (Lipinski definition) is 6. The van der Waals surface area contributed by atoms with Gasteiger partial charge in [0.25, 0.3) is 0 Å². The van der Waals surface area contributed by atoms with Crippen molar-refractivity contribution in [3.63, 3.8) is 0 Å². The first kappa shape index (κ1) is 27.6. The fourth-order valence-corrected chi connectivity index (χ4v) is 5.62. The predicted octanol–water partition coefficient (Wildman–Crippen LogP) is 6.32. The van der Waals surface area contributed by atoms with Gasteiger partial charge in [-0.25, -0.2) is 0 Å². The van der Waals surface area contributed by atoms with Gasteiger partial charge in [0.05, 0.1) is 11.7 Å². The van der Waals surface area contributed by atoms with Crippen molar-refractivity contribution in [1.29, 1.82) is 5.26 Å². The van der Waals surface area contributed by atoms with Crippen LogP contribution in [0.3, 0.4) is 0 Å². The van der Waals surface area contributed by atoms with Crippen LogP contribution in [-0.2, 0) is 18.6 Å². The minimum Gasteiger partial charge on any atom is -0.490 e. The molecule has 0 spiro atoms. The van der Waals surface area contributed by atoms with Crippen molar-refractivity contribution >= 4 is 23.4 Å². The molecule has 190 valence electrons. The monoisotopic (exact) mass is 502 g/mol. The Labute approximate surface area is 220 Å². The minimum absolute atomic E-state index is 0.0469. The first-order chi connectivity index (χ1) is 17.4. The molecule has 0 amide bonds. The van der Waals surface area contributed by atoms with Crippen molar-refractivity contribution in [1.82, 2.24) is 4.90 Å². The summed E-state index contributed by atoms with van der Waals surface area (Å²) in [7, 11) is 0. The van der Waals surface area contributed by atoms with Gasteiger partial charge in [-0.2, -0.15) is 5.26 Å². The van der Waals surface area contributed by atoms with Crippen molar-refractivity contribution < 1.29 is 4.74 Å². The molecular weight excluding hydrogens is 464 g/mol. The van der Waals surface area contributed by atoms with E-state index in [0.717, 1.165) is 41.3 Å². The number of hydrogen-bond donors (Lipinski definition) is 1. The largest absolute Gasteiger partial charge is 0.490 e. The van der Waals surface area contributed by atoms with Crippen LogP contribution in [0, 0.1) is 11.3 Å². The molecule has 0 atom stereocenters. The quantitative estimate of drug-likeness (QED) is 0.406. The zero-order valence-corrected chi connectivity index (χ0v) is 22.4. The summed E-state index contributed by atoms with van der Waals surface area (Å²) in [5.74, 6) is 1.41. The summed E-state index contributed by atoms with van der Waals surface area (Å²) in [6, 6.07) is 14.6. The van der Waals surface area contributed by atoms with Crippen LogP contribution >= 0.6 is 11.8 Å². The maximum atomic E-state index is 9.43. The maximum absolute atomic E-state index is 9.43. The highest BCUT2D eigenvalue weighted by molar-refractivity contribution is 8.07. The third kappa shape index (κ3) is 8.01. The van der Waals surface area contributed by atoms with Gasteiger partial charge in [-0.1, -0.05) is 30.8 Å². The van der Waals surface area contributed by atoms with E-state index in [0.29, 0.717) is 11.3 Å². The molecule has 0 aromatic heterocycles. The fourth-order valence-electron chi connectivity index (χ4n) is 4.62. The molecule has 1 aliphatic heterocycles. The van der Waals surface area contributed by atoms with E-state index < -0.39 is 0 Å². The Morgan fingerprint density at radius 1 is 1.22 bits per heavy atom. The van der Waals surface area contributed by atoms with Gasteiger partial charge in [-0.15, -0.1) is 11.8 Å². The van der Waals surface area contributed by atoms with E-state index in [1.165, 1.54) is 49.0 Å². The van der Waals surface area contributed by atoms with Crippen molar-refractivity contribution in [2.75, 3.05) is 19.6 Å². The molecule has 6 heteroatoms. The maximum Gasteiger partial charge on any atom is 0.137 e. The number of nitrogens with two attached hydrogens (primary N) is 1. The second kappa shape index (κ2) is 13.9. The molecule has 5 nitrogen and oxygen atoms in total. The third-order valence-electron chi connectivity index (χ3n) is 6.17. The molecule has 0 unspecified atom stereocenters. The van der Waals surface area contributed by atoms with E-state index in [1.807, 2.05) is 38.2 Å². The smallest absolute Gasteiger partial charge is 0.137 e. The van der Waals surface area contributed by atoms with Crippen LogP contribution in [0.5, 0.6) is 5.75 Å². The highest BCUT2D eigenvalue weighted by Gasteiger charge is 2.17. The molecule has 1 saturated heterocycles. The number of aliphatic imine (C=N–C) groups is 1. The molecule has 1 aliphatic carbocycles. The van der Waals surface area contributed by atoms with E-state index in [1.54, 1.807) is 11.8 Å². The fraction of sp³-hybridized carbons (Fsp3) is 0.400. The number of nitriles is 1. The molecule has 0 bridgehead atoms. The average Bonchev–Trinajstić information content (AvgIpc) is 3.54. The number of fused-ring (bicyclic) bond motifs is 1. The third-order valence-corrected chi connectivity index (χ3v) is 7.28. The lowest BCUT2D eigenvalue weighted by Gasteiger charge is -2.14. The molecule has 2 aromatic carbocycles. The summed E-state index contributed by atoms with van der Waals surface area (Å²) in [4.78, 5) is 7.49. The predicted molar refractivity (Wildman–Crippen MR) is 153 cm³/mol. The van der Waals surface area contributed by atoms with Gasteiger partial charge >= 0.3 is 0 Å². The molecule has 1 heterocycles. The van der Waals surface area contributed by atoms with Gasteiger partial charge in [0.2, 0.25) is 0 Å². The van der Waals surface area contributed by atoms with E-state index in [9.17, 15) is 5.26 Å². The Morgan fingerprint density at radius 2 is 2.00 bits per heavy atom. The highest BCUT2D eigenvalue weighted by atomic mass is 32.2. The van der Waals surface area contributed by atoms with Crippen LogP contribution in [0.4, 0.5) is 0 Å². The molecule has 1 fully saturated rings. The Balaban J connectivity index is 0.000000338. The Bertz CT molecular complexity index is 1130. The average molecular weight is 503 g/mol. The Hall–Kier alpha value is -3.01. The van der Waals surface area contributed by atoms with Gasteiger partial charge in [-0.05, 0) is 100 Å². The molecule has 36 heavy (non-hydrogen) atoms. The number of benzene rings is 2. The second-order valence-electron chi connectivity index (χ2n) is 9.51. The van der Waals surface area contributed by atoms with Gasteiger partial charge in [0.15, 0.2) is 0 Å². The summed E-state index contributed by atoms with van der Waals surface area (Å²) >= 11 is 1.73. The van der Waals surface area contributed by atoms with Crippen LogP contribution in [0.2, 0.25) is 0 Å². The van der Waals surface area contributed by atoms with Crippen LogP contribution < -0.4 is 10.5 Å². The molecule has 2 aromatic rings. The number of rotatable bonds is 9. The molecule has 0 radical (unpaired) electrons. The number of likely N-dealkylation sites (tertiary alicyclic amines) is 1. The topological polar surface area (TPSA) is 74.6 Å². The SMILES string of the molecule is C=C(N)CN1CCCC1.C=N/C=C(\SCc1ccc(OC(C)C)c(C#N)c1)c1cccc2c1CCC2. The summed E-state index contributed by atoms with van der Waals surface area (Å²) < 4.78 is 5.71. The molecule has 2 N–H and O–H groups in total. The van der Waals surface area contributed by atoms with E-state index in [2.05, 4.69) is 47.5 Å². The van der Waals surface area contributed by atoms with Crippen LogP contribution in [0.25, 0.3) is 4.91 Å². The van der Waals surface area contributed by atoms with Crippen molar-refractivity contribution in [2.24, 2.45) is 10.7 Å². The van der Waals surface area contributed by atoms with Gasteiger partial charge in [0.1, 0.15) is 11.8 Å². The first-order valence-electron chi connectivity index (χ1n) is 12.7. The molecule has 4 rings (SSSR count). The Kier molecular flexibility index (Phi) is 10.7. The lowest BCUT2D eigenvalue weighted by molar-refractivity contribution is 0.241. The summed E-state index contributed by atoms with van der Waals surface area (Å²) in [5.41, 5.74) is 12.1. The molecule has 2 aliphatic rings. The first-order valence-corrected chi connectivity index (χ1v) is 13.6. The molecule has 0 saturated carbocycles. The summed E-state index contributed by atoms with van der Waals surface area (Å²) in [6.45, 7) is 14.5. The van der Waals surface area contributed by atoms with Crippen LogP contribution in [-0.4, -0.2) is 37.4 Å². The van der Waals surface area contributed by atoms with E-state index >= 15 is 0 Å².